The summed E-state index contributed by atoms with van der Waals surface area (Å²) in [7, 11) is -3.68. The number of hydrogen-bond donors (Lipinski definition) is 1. The second-order valence-corrected chi connectivity index (χ2v) is 8.91. The summed E-state index contributed by atoms with van der Waals surface area (Å²) < 4.78 is 68.3. The Bertz CT molecular complexity index is 1400. The van der Waals surface area contributed by atoms with Gasteiger partial charge in [-0.25, -0.2) is 8.42 Å². The normalized spacial score (nSPS) is 12.0. The van der Waals surface area contributed by atoms with E-state index < -0.39 is 16.2 Å². The van der Waals surface area contributed by atoms with Gasteiger partial charge >= 0.3 is 6.36 Å². The van der Waals surface area contributed by atoms with Gasteiger partial charge in [0.1, 0.15) is 5.75 Å². The number of sulfone groups is 1. The Kier molecular flexibility index (Phi) is 5.61. The molecule has 1 N–H and O–H groups in total. The summed E-state index contributed by atoms with van der Waals surface area (Å²) in [5, 5.41) is 6.82. The molecule has 0 bridgehead atoms. The van der Waals surface area contributed by atoms with Gasteiger partial charge in [-0.2, -0.15) is 5.10 Å². The van der Waals surface area contributed by atoms with E-state index in [-0.39, 0.29) is 20.3 Å². The molecular weight excluding hydrogens is 463 g/mol. The van der Waals surface area contributed by atoms with Crippen molar-refractivity contribution in [3.05, 3.63) is 83.6 Å². The third-order valence-corrected chi connectivity index (χ3v) is 6.54. The van der Waals surface area contributed by atoms with Gasteiger partial charge in [0.05, 0.1) is 15.5 Å². The van der Waals surface area contributed by atoms with Crippen LogP contribution in [0.5, 0.6) is 5.75 Å². The number of nitrogens with zero attached hydrogens (tertiary/aromatic N) is 2. The van der Waals surface area contributed by atoms with E-state index in [4.69, 9.17) is 12.2 Å². The van der Waals surface area contributed by atoms with E-state index in [2.05, 4.69) is 14.9 Å². The molecule has 0 unspecified atom stereocenters. The van der Waals surface area contributed by atoms with E-state index in [0.29, 0.717) is 17.1 Å². The second kappa shape index (κ2) is 8.24. The molecule has 1 heterocycles. The van der Waals surface area contributed by atoms with Gasteiger partial charge in [-0.3, -0.25) is 9.67 Å². The molecular formula is C21H14F3N3O3S2. The molecule has 0 aliphatic carbocycles. The highest BCUT2D eigenvalue weighted by atomic mass is 32.2. The van der Waals surface area contributed by atoms with Gasteiger partial charge in [0, 0.05) is 5.56 Å². The minimum absolute atomic E-state index is 0.113. The standard InChI is InChI=1S/C21H14F3N3O3S2/c22-21(23,24)30-16-10-8-15(9-11-16)27-19(25-26-20(27)31)14-6-12-18(13-7-14)32(28,29)17-4-2-1-3-5-17/h1-13H,(H,26,31). The van der Waals surface area contributed by atoms with Crippen molar-refractivity contribution in [2.24, 2.45) is 0 Å². The lowest BCUT2D eigenvalue weighted by atomic mass is 10.2. The molecule has 0 amide bonds. The zero-order chi connectivity index (χ0) is 22.9. The van der Waals surface area contributed by atoms with Gasteiger partial charge in [-0.15, -0.1) is 13.2 Å². The van der Waals surface area contributed by atoms with Crippen LogP contribution in [0.25, 0.3) is 17.1 Å². The van der Waals surface area contributed by atoms with E-state index in [1.54, 1.807) is 30.3 Å². The first-order chi connectivity index (χ1) is 15.1. The average Bonchev–Trinajstić information content (AvgIpc) is 3.15. The predicted molar refractivity (Wildman–Crippen MR) is 113 cm³/mol. The molecule has 1 aromatic heterocycles. The number of alkyl halides is 3. The summed E-state index contributed by atoms with van der Waals surface area (Å²) in [4.78, 5) is 0.290. The molecule has 0 radical (unpaired) electrons. The summed E-state index contributed by atoms with van der Waals surface area (Å²) in [6.07, 6.45) is -4.79. The molecule has 0 saturated heterocycles. The van der Waals surface area contributed by atoms with Crippen LogP contribution in [0.3, 0.4) is 0 Å². The summed E-state index contributed by atoms with van der Waals surface area (Å²) in [6.45, 7) is 0. The van der Waals surface area contributed by atoms with E-state index in [1.807, 2.05) is 0 Å². The summed E-state index contributed by atoms with van der Waals surface area (Å²) in [5.74, 6) is -0.00330. The van der Waals surface area contributed by atoms with Crippen LogP contribution in [0.4, 0.5) is 13.2 Å². The number of halogens is 3. The van der Waals surface area contributed by atoms with Gasteiger partial charge in [-0.1, -0.05) is 18.2 Å². The van der Waals surface area contributed by atoms with Crippen LogP contribution in [-0.2, 0) is 9.84 Å². The zero-order valence-corrected chi connectivity index (χ0v) is 17.7. The molecule has 6 nitrogen and oxygen atoms in total. The van der Waals surface area contributed by atoms with E-state index in [9.17, 15) is 21.6 Å². The van der Waals surface area contributed by atoms with Crippen molar-refractivity contribution >= 4 is 22.1 Å². The van der Waals surface area contributed by atoms with Crippen molar-refractivity contribution in [1.82, 2.24) is 14.8 Å². The molecule has 164 valence electrons. The van der Waals surface area contributed by atoms with E-state index >= 15 is 0 Å². The fraction of sp³-hybridized carbons (Fsp3) is 0.0476. The lowest BCUT2D eigenvalue weighted by molar-refractivity contribution is -0.274. The third kappa shape index (κ3) is 4.43. The number of benzene rings is 3. The predicted octanol–water partition coefficient (Wildman–Crippen LogP) is 5.33. The Hall–Kier alpha value is -3.44. The zero-order valence-electron chi connectivity index (χ0n) is 16.1. The molecule has 0 atom stereocenters. The van der Waals surface area contributed by atoms with Gasteiger partial charge in [-0.05, 0) is 72.9 Å². The number of aromatic amines is 1. The highest BCUT2D eigenvalue weighted by Crippen LogP contribution is 2.28. The monoisotopic (exact) mass is 477 g/mol. The Morgan fingerprint density at radius 2 is 1.47 bits per heavy atom. The van der Waals surface area contributed by atoms with Crippen LogP contribution in [0.1, 0.15) is 0 Å². The minimum Gasteiger partial charge on any atom is -0.406 e. The van der Waals surface area contributed by atoms with Crippen LogP contribution < -0.4 is 4.74 Å². The van der Waals surface area contributed by atoms with Gasteiger partial charge < -0.3 is 4.74 Å². The largest absolute Gasteiger partial charge is 0.573 e. The van der Waals surface area contributed by atoms with Crippen LogP contribution in [0, 0.1) is 4.77 Å². The van der Waals surface area contributed by atoms with Crippen LogP contribution in [-0.4, -0.2) is 29.5 Å². The maximum atomic E-state index is 12.8. The molecule has 0 fully saturated rings. The number of H-pyrrole nitrogens is 1. The summed E-state index contributed by atoms with van der Waals surface area (Å²) in [5.41, 5.74) is 1.01. The van der Waals surface area contributed by atoms with Crippen molar-refractivity contribution in [2.45, 2.75) is 16.2 Å². The van der Waals surface area contributed by atoms with E-state index in [1.165, 1.54) is 41.0 Å². The molecule has 3 aromatic carbocycles. The van der Waals surface area contributed by atoms with Crippen molar-refractivity contribution in [2.75, 3.05) is 0 Å². The smallest absolute Gasteiger partial charge is 0.406 e. The number of rotatable bonds is 5. The third-order valence-electron chi connectivity index (χ3n) is 4.48. The Morgan fingerprint density at radius 3 is 2.06 bits per heavy atom. The van der Waals surface area contributed by atoms with Gasteiger partial charge in [0.25, 0.3) is 0 Å². The Balaban J connectivity index is 1.67. The van der Waals surface area contributed by atoms with Crippen molar-refractivity contribution in [3.8, 4) is 22.8 Å². The van der Waals surface area contributed by atoms with Crippen molar-refractivity contribution < 1.29 is 26.3 Å². The minimum atomic E-state index is -4.79. The van der Waals surface area contributed by atoms with Crippen molar-refractivity contribution in [1.29, 1.82) is 0 Å². The van der Waals surface area contributed by atoms with E-state index in [0.717, 1.165) is 12.1 Å². The first kappa shape index (κ1) is 21.8. The molecule has 4 rings (SSSR count). The highest BCUT2D eigenvalue weighted by molar-refractivity contribution is 7.91. The topological polar surface area (TPSA) is 77.0 Å². The fourth-order valence-corrected chi connectivity index (χ4v) is 4.57. The maximum Gasteiger partial charge on any atom is 0.573 e. The number of nitrogens with one attached hydrogen (secondary N) is 1. The molecule has 4 aromatic rings. The van der Waals surface area contributed by atoms with Crippen molar-refractivity contribution in [3.63, 3.8) is 0 Å². The average molecular weight is 477 g/mol. The maximum absolute atomic E-state index is 12.8. The first-order valence-electron chi connectivity index (χ1n) is 9.09. The molecule has 0 aliphatic heterocycles. The molecule has 0 aliphatic rings. The summed E-state index contributed by atoms with van der Waals surface area (Å²) >= 11 is 5.26. The molecule has 0 spiro atoms. The van der Waals surface area contributed by atoms with Crippen LogP contribution in [0.15, 0.2) is 88.7 Å². The quantitative estimate of drug-likeness (QED) is 0.393. The van der Waals surface area contributed by atoms with Crippen LogP contribution >= 0.6 is 12.2 Å². The number of aromatic nitrogens is 3. The lowest BCUT2D eigenvalue weighted by Gasteiger charge is -2.11. The highest BCUT2D eigenvalue weighted by Gasteiger charge is 2.31. The number of hydrogen-bond acceptors (Lipinski definition) is 5. The molecule has 11 heteroatoms. The van der Waals surface area contributed by atoms with Crippen LogP contribution in [0.2, 0.25) is 0 Å². The molecule has 0 saturated carbocycles. The molecule has 32 heavy (non-hydrogen) atoms. The first-order valence-corrected chi connectivity index (χ1v) is 11.0. The second-order valence-electron chi connectivity index (χ2n) is 6.57. The lowest BCUT2D eigenvalue weighted by Crippen LogP contribution is -2.17. The Morgan fingerprint density at radius 1 is 0.875 bits per heavy atom. The van der Waals surface area contributed by atoms with Gasteiger partial charge in [0.15, 0.2) is 10.6 Å². The SMILES string of the molecule is O=S(=O)(c1ccccc1)c1ccc(-c2n[nH]c(=S)n2-c2ccc(OC(F)(F)F)cc2)cc1. The fourth-order valence-electron chi connectivity index (χ4n) is 3.05. The number of ether oxygens (including phenoxy) is 1. The summed E-state index contributed by atoms with van der Waals surface area (Å²) in [6, 6.07) is 19.3. The Labute approximate surface area is 185 Å². The van der Waals surface area contributed by atoms with Gasteiger partial charge in [0.2, 0.25) is 9.84 Å².